The zero-order valence-corrected chi connectivity index (χ0v) is 10.6. The molecule has 3 nitrogen and oxygen atoms in total. The molecule has 0 aliphatic carbocycles. The van der Waals surface area contributed by atoms with E-state index < -0.39 is 0 Å². The average Bonchev–Trinajstić information content (AvgIpc) is 2.28. The quantitative estimate of drug-likeness (QED) is 0.849. The van der Waals surface area contributed by atoms with Gasteiger partial charge in [-0.2, -0.15) is 0 Å². The van der Waals surface area contributed by atoms with Crippen LogP contribution < -0.4 is 5.32 Å². The van der Waals surface area contributed by atoms with Crippen LogP contribution in [0.2, 0.25) is 0 Å². The van der Waals surface area contributed by atoms with Crippen LogP contribution in [-0.4, -0.2) is 18.2 Å². The number of hydrogen-bond donors (Lipinski definition) is 1. The molecular formula is C14H19NO2. The summed E-state index contributed by atoms with van der Waals surface area (Å²) in [6.45, 7) is 6.15. The normalized spacial score (nSPS) is 10.4. The van der Waals surface area contributed by atoms with Gasteiger partial charge in [-0.25, -0.2) is 0 Å². The van der Waals surface area contributed by atoms with Crippen LogP contribution in [0.3, 0.4) is 0 Å². The van der Waals surface area contributed by atoms with Gasteiger partial charge in [-0.15, -0.1) is 0 Å². The second-order valence-electron chi connectivity index (χ2n) is 4.48. The lowest BCUT2D eigenvalue weighted by molar-refractivity contribution is -0.116. The predicted octanol–water partition coefficient (Wildman–Crippen LogP) is 2.52. The van der Waals surface area contributed by atoms with E-state index in [1.807, 2.05) is 24.3 Å². The monoisotopic (exact) mass is 233 g/mol. The Morgan fingerprint density at radius 1 is 1.18 bits per heavy atom. The molecule has 1 aromatic carbocycles. The molecule has 1 N–H and O–H groups in total. The fourth-order valence-corrected chi connectivity index (χ4v) is 1.47. The highest BCUT2D eigenvalue weighted by Gasteiger charge is 2.06. The van der Waals surface area contributed by atoms with E-state index in [1.54, 1.807) is 0 Å². The summed E-state index contributed by atoms with van der Waals surface area (Å²) in [5.74, 6) is 0.423. The molecule has 0 atom stereocenters. The van der Waals surface area contributed by atoms with Crippen LogP contribution in [-0.2, 0) is 4.79 Å². The maximum Gasteiger partial charge on any atom is 0.251 e. The Bertz CT molecular complexity index is 393. The van der Waals surface area contributed by atoms with Crippen LogP contribution in [0.4, 0.5) is 0 Å². The van der Waals surface area contributed by atoms with Crippen molar-refractivity contribution in [3.63, 3.8) is 0 Å². The number of hydrogen-bond acceptors (Lipinski definition) is 2. The number of ketones is 1. The Kier molecular flexibility index (Phi) is 4.88. The summed E-state index contributed by atoms with van der Waals surface area (Å²) in [5.41, 5.74) is 1.85. The van der Waals surface area contributed by atoms with Gasteiger partial charge in [0.1, 0.15) is 5.78 Å². The molecule has 0 saturated heterocycles. The molecule has 1 aromatic rings. The van der Waals surface area contributed by atoms with Gasteiger partial charge < -0.3 is 5.32 Å². The van der Waals surface area contributed by atoms with Gasteiger partial charge in [0, 0.05) is 18.5 Å². The van der Waals surface area contributed by atoms with Gasteiger partial charge in [0.05, 0.1) is 0 Å². The van der Waals surface area contributed by atoms with E-state index in [4.69, 9.17) is 0 Å². The standard InChI is InChI=1S/C14H19NO2/c1-10(2)12-4-6-13(7-5-12)14(17)15-9-8-11(3)16/h4-7,10H,8-9H2,1-3H3,(H,15,17). The predicted molar refractivity (Wildman–Crippen MR) is 68.2 cm³/mol. The minimum atomic E-state index is -0.124. The first-order chi connectivity index (χ1) is 8.00. The van der Waals surface area contributed by atoms with Gasteiger partial charge in [0.2, 0.25) is 0 Å². The molecule has 0 aromatic heterocycles. The van der Waals surface area contributed by atoms with Crippen molar-refractivity contribution in [1.29, 1.82) is 0 Å². The summed E-state index contributed by atoms with van der Waals surface area (Å²) in [5, 5.41) is 2.72. The summed E-state index contributed by atoms with van der Waals surface area (Å²) >= 11 is 0. The highest BCUT2D eigenvalue weighted by atomic mass is 16.1. The van der Waals surface area contributed by atoms with Crippen molar-refractivity contribution in [1.82, 2.24) is 5.32 Å². The molecular weight excluding hydrogens is 214 g/mol. The molecule has 0 aliphatic rings. The molecule has 0 unspecified atom stereocenters. The third-order valence-corrected chi connectivity index (χ3v) is 2.60. The molecule has 17 heavy (non-hydrogen) atoms. The van der Waals surface area contributed by atoms with Crippen LogP contribution in [0.5, 0.6) is 0 Å². The van der Waals surface area contributed by atoms with E-state index in [0.29, 0.717) is 24.4 Å². The number of amides is 1. The Balaban J connectivity index is 2.54. The van der Waals surface area contributed by atoms with Gasteiger partial charge in [0.25, 0.3) is 5.91 Å². The van der Waals surface area contributed by atoms with Gasteiger partial charge >= 0.3 is 0 Å². The van der Waals surface area contributed by atoms with E-state index in [1.165, 1.54) is 12.5 Å². The summed E-state index contributed by atoms with van der Waals surface area (Å²) in [7, 11) is 0. The highest BCUT2D eigenvalue weighted by molar-refractivity contribution is 5.94. The highest BCUT2D eigenvalue weighted by Crippen LogP contribution is 2.14. The number of carbonyl (C=O) groups is 2. The second-order valence-corrected chi connectivity index (χ2v) is 4.48. The topological polar surface area (TPSA) is 46.2 Å². The Morgan fingerprint density at radius 3 is 2.24 bits per heavy atom. The van der Waals surface area contributed by atoms with Crippen molar-refractivity contribution in [2.45, 2.75) is 33.1 Å². The lowest BCUT2D eigenvalue weighted by Crippen LogP contribution is -2.25. The zero-order valence-electron chi connectivity index (χ0n) is 10.6. The Hall–Kier alpha value is -1.64. The van der Waals surface area contributed by atoms with Crippen LogP contribution in [0.1, 0.15) is 49.0 Å². The van der Waals surface area contributed by atoms with Crippen molar-refractivity contribution in [3.05, 3.63) is 35.4 Å². The van der Waals surface area contributed by atoms with Crippen molar-refractivity contribution < 1.29 is 9.59 Å². The van der Waals surface area contributed by atoms with Gasteiger partial charge in [0.15, 0.2) is 0 Å². The molecule has 0 aliphatic heterocycles. The first-order valence-electron chi connectivity index (χ1n) is 5.88. The van der Waals surface area contributed by atoms with Crippen LogP contribution in [0.25, 0.3) is 0 Å². The van der Waals surface area contributed by atoms with Gasteiger partial charge in [-0.05, 0) is 30.5 Å². The number of rotatable bonds is 5. The van der Waals surface area contributed by atoms with E-state index >= 15 is 0 Å². The molecule has 1 rings (SSSR count). The minimum absolute atomic E-state index is 0.0838. The second kappa shape index (κ2) is 6.18. The lowest BCUT2D eigenvalue weighted by Gasteiger charge is -2.07. The summed E-state index contributed by atoms with van der Waals surface area (Å²) in [4.78, 5) is 22.4. The van der Waals surface area contributed by atoms with E-state index in [9.17, 15) is 9.59 Å². The Labute approximate surface area is 102 Å². The van der Waals surface area contributed by atoms with Gasteiger partial charge in [-0.1, -0.05) is 26.0 Å². The summed E-state index contributed by atoms with van der Waals surface area (Å²) in [6, 6.07) is 7.56. The SMILES string of the molecule is CC(=O)CCNC(=O)c1ccc(C(C)C)cc1. The lowest BCUT2D eigenvalue weighted by atomic mass is 10.0. The van der Waals surface area contributed by atoms with Crippen LogP contribution >= 0.6 is 0 Å². The van der Waals surface area contributed by atoms with Crippen LogP contribution in [0, 0.1) is 0 Å². The molecule has 92 valence electrons. The maximum absolute atomic E-state index is 11.7. The van der Waals surface area contributed by atoms with Crippen molar-refractivity contribution in [3.8, 4) is 0 Å². The molecule has 0 spiro atoms. The fraction of sp³-hybridized carbons (Fsp3) is 0.429. The molecule has 3 heteroatoms. The number of carbonyl (C=O) groups excluding carboxylic acids is 2. The fourth-order valence-electron chi connectivity index (χ4n) is 1.47. The minimum Gasteiger partial charge on any atom is -0.352 e. The number of benzene rings is 1. The summed E-state index contributed by atoms with van der Waals surface area (Å²) < 4.78 is 0. The third-order valence-electron chi connectivity index (χ3n) is 2.60. The van der Waals surface area contributed by atoms with Crippen molar-refractivity contribution in [2.24, 2.45) is 0 Å². The first kappa shape index (κ1) is 13.4. The zero-order chi connectivity index (χ0) is 12.8. The smallest absolute Gasteiger partial charge is 0.251 e. The molecule has 0 radical (unpaired) electrons. The van der Waals surface area contributed by atoms with Gasteiger partial charge in [-0.3, -0.25) is 9.59 Å². The number of nitrogens with one attached hydrogen (secondary N) is 1. The maximum atomic E-state index is 11.7. The first-order valence-corrected chi connectivity index (χ1v) is 5.88. The molecule has 0 saturated carbocycles. The van der Waals surface area contributed by atoms with E-state index in [0.717, 1.165) is 0 Å². The largest absolute Gasteiger partial charge is 0.352 e. The molecule has 0 heterocycles. The van der Waals surface area contributed by atoms with Crippen molar-refractivity contribution in [2.75, 3.05) is 6.54 Å². The number of Topliss-reactive ketones (excluding diaryl/α,β-unsaturated/α-hetero) is 1. The van der Waals surface area contributed by atoms with E-state index in [-0.39, 0.29) is 11.7 Å². The van der Waals surface area contributed by atoms with Crippen molar-refractivity contribution >= 4 is 11.7 Å². The molecule has 0 fully saturated rings. The average molecular weight is 233 g/mol. The molecule has 0 bridgehead atoms. The molecule has 1 amide bonds. The third kappa shape index (κ3) is 4.39. The summed E-state index contributed by atoms with van der Waals surface area (Å²) in [6.07, 6.45) is 0.385. The van der Waals surface area contributed by atoms with E-state index in [2.05, 4.69) is 19.2 Å². The van der Waals surface area contributed by atoms with Crippen LogP contribution in [0.15, 0.2) is 24.3 Å². The Morgan fingerprint density at radius 2 is 1.76 bits per heavy atom.